The Labute approximate surface area is 210 Å². The van der Waals surface area contributed by atoms with Gasteiger partial charge in [-0.3, -0.25) is 4.79 Å². The van der Waals surface area contributed by atoms with Gasteiger partial charge in [0.05, 0.1) is 31.4 Å². The van der Waals surface area contributed by atoms with Crippen LogP contribution < -0.4 is 15.5 Å². The lowest BCUT2D eigenvalue weighted by Gasteiger charge is -2.32. The molecular formula is C28H33N3O5. The van der Waals surface area contributed by atoms with Gasteiger partial charge < -0.3 is 24.1 Å². The van der Waals surface area contributed by atoms with Crippen LogP contribution in [0.1, 0.15) is 42.3 Å². The third-order valence-corrected chi connectivity index (χ3v) is 7.09. The van der Waals surface area contributed by atoms with Crippen molar-refractivity contribution in [2.45, 2.75) is 58.3 Å². The molecule has 3 aromatic rings. The van der Waals surface area contributed by atoms with E-state index in [1.54, 1.807) is 23.0 Å². The van der Waals surface area contributed by atoms with Crippen LogP contribution >= 0.6 is 0 Å². The van der Waals surface area contributed by atoms with E-state index in [2.05, 4.69) is 29.4 Å². The van der Waals surface area contributed by atoms with Crippen LogP contribution in [0.4, 0.5) is 0 Å². The molecule has 190 valence electrons. The van der Waals surface area contributed by atoms with Gasteiger partial charge in [-0.05, 0) is 31.0 Å². The summed E-state index contributed by atoms with van der Waals surface area (Å²) in [4.78, 5) is 30.8. The molecule has 0 saturated carbocycles. The largest absolute Gasteiger partial charge is 0.488 e. The molecule has 8 nitrogen and oxygen atoms in total. The summed E-state index contributed by atoms with van der Waals surface area (Å²) in [5.74, 6) is -0.0576. The quantitative estimate of drug-likeness (QED) is 0.508. The molecule has 1 fully saturated rings. The topological polar surface area (TPSA) is 91.7 Å². The van der Waals surface area contributed by atoms with Gasteiger partial charge in [0, 0.05) is 43.6 Å². The summed E-state index contributed by atoms with van der Waals surface area (Å²) in [5.41, 5.74) is 2.70. The first-order chi connectivity index (χ1) is 17.4. The highest BCUT2D eigenvalue weighted by Crippen LogP contribution is 2.26. The van der Waals surface area contributed by atoms with Gasteiger partial charge in [-0.2, -0.15) is 0 Å². The number of hydrogen-bond donors (Lipinski definition) is 1. The summed E-state index contributed by atoms with van der Waals surface area (Å²) in [6.45, 7) is 8.00. The van der Waals surface area contributed by atoms with Crippen molar-refractivity contribution < 1.29 is 19.0 Å². The maximum atomic E-state index is 13.4. The lowest BCUT2D eigenvalue weighted by molar-refractivity contribution is 0.0118. The molecule has 8 heteroatoms. The maximum Gasteiger partial charge on any atom is 0.343 e. The van der Waals surface area contributed by atoms with E-state index in [1.807, 2.05) is 26.0 Å². The minimum atomic E-state index is -0.627. The predicted octanol–water partition coefficient (Wildman–Crippen LogP) is 3.13. The fraction of sp³-hybridized carbons (Fsp3) is 0.464. The molecule has 1 N–H and O–H groups in total. The van der Waals surface area contributed by atoms with Crippen molar-refractivity contribution in [3.8, 4) is 5.75 Å². The van der Waals surface area contributed by atoms with Crippen LogP contribution in [-0.2, 0) is 28.9 Å². The third-order valence-electron chi connectivity index (χ3n) is 7.09. The summed E-state index contributed by atoms with van der Waals surface area (Å²) in [7, 11) is 0. The summed E-state index contributed by atoms with van der Waals surface area (Å²) in [6.07, 6.45) is 4.82. The standard InChI is InChI=1S/C28H33N3O5/c1-4-31-13-24(28(33)35-14-17(2)25-16-34-15-18(3)30-25)26(32)23-11-22(12-29-27(23)31)36-21-9-19-7-5-6-8-20(19)10-21/h5-8,11-13,17-18,21,25,30H,4,9-10,14-16H2,1-3H3/t17?,18-,25-/m0/s1. The highest BCUT2D eigenvalue weighted by Gasteiger charge is 2.26. The Morgan fingerprint density at radius 2 is 2.00 bits per heavy atom. The van der Waals surface area contributed by atoms with Crippen LogP contribution in [0.5, 0.6) is 5.75 Å². The predicted molar refractivity (Wildman–Crippen MR) is 137 cm³/mol. The van der Waals surface area contributed by atoms with Crippen molar-refractivity contribution in [3.63, 3.8) is 0 Å². The minimum Gasteiger partial charge on any atom is -0.488 e. The molecule has 0 radical (unpaired) electrons. The lowest BCUT2D eigenvalue weighted by atomic mass is 10.0. The summed E-state index contributed by atoms with van der Waals surface area (Å²) >= 11 is 0. The van der Waals surface area contributed by atoms with Crippen LogP contribution in [0, 0.1) is 5.92 Å². The Morgan fingerprint density at radius 3 is 2.69 bits per heavy atom. The molecule has 5 rings (SSSR count). The second-order valence-corrected chi connectivity index (χ2v) is 9.90. The molecule has 2 aromatic heterocycles. The van der Waals surface area contributed by atoms with E-state index in [-0.39, 0.29) is 36.3 Å². The number of nitrogens with one attached hydrogen (secondary N) is 1. The first-order valence-corrected chi connectivity index (χ1v) is 12.7. The van der Waals surface area contributed by atoms with Gasteiger partial charge in [-0.15, -0.1) is 0 Å². The van der Waals surface area contributed by atoms with E-state index < -0.39 is 11.4 Å². The van der Waals surface area contributed by atoms with E-state index in [0.717, 1.165) is 12.8 Å². The van der Waals surface area contributed by atoms with Gasteiger partial charge in [0.2, 0.25) is 5.43 Å². The van der Waals surface area contributed by atoms with Crippen molar-refractivity contribution in [2.75, 3.05) is 19.8 Å². The van der Waals surface area contributed by atoms with Gasteiger partial charge in [-0.1, -0.05) is 31.2 Å². The molecule has 1 aliphatic carbocycles. The number of aryl methyl sites for hydroxylation is 1. The van der Waals surface area contributed by atoms with Crippen molar-refractivity contribution in [1.29, 1.82) is 0 Å². The number of aromatic nitrogens is 2. The van der Waals surface area contributed by atoms with Crippen molar-refractivity contribution in [1.82, 2.24) is 14.9 Å². The van der Waals surface area contributed by atoms with Crippen LogP contribution in [-0.4, -0.2) is 53.5 Å². The highest BCUT2D eigenvalue weighted by molar-refractivity contribution is 5.93. The Bertz CT molecular complexity index is 1300. The molecule has 0 spiro atoms. The van der Waals surface area contributed by atoms with E-state index in [0.29, 0.717) is 36.5 Å². The van der Waals surface area contributed by atoms with Gasteiger partial charge in [-0.25, -0.2) is 9.78 Å². The molecular weight excluding hydrogens is 458 g/mol. The van der Waals surface area contributed by atoms with Gasteiger partial charge in [0.15, 0.2) is 0 Å². The average Bonchev–Trinajstić information content (AvgIpc) is 3.30. The number of nitrogens with zero attached hydrogens (tertiary/aromatic N) is 2. The van der Waals surface area contributed by atoms with Crippen LogP contribution in [0.3, 0.4) is 0 Å². The number of rotatable bonds is 7. The monoisotopic (exact) mass is 491 g/mol. The average molecular weight is 492 g/mol. The number of hydrogen-bond acceptors (Lipinski definition) is 7. The first-order valence-electron chi connectivity index (χ1n) is 12.7. The van der Waals surface area contributed by atoms with Gasteiger partial charge >= 0.3 is 5.97 Å². The maximum absolute atomic E-state index is 13.4. The van der Waals surface area contributed by atoms with Gasteiger partial charge in [0.1, 0.15) is 23.1 Å². The number of morpholine rings is 1. The normalized spacial score (nSPS) is 20.8. The van der Waals surface area contributed by atoms with Crippen molar-refractivity contribution in [3.05, 3.63) is 69.6 Å². The van der Waals surface area contributed by atoms with E-state index in [4.69, 9.17) is 14.2 Å². The Balaban J connectivity index is 1.34. The number of carbonyl (C=O) groups excluding carboxylic acids is 1. The van der Waals surface area contributed by atoms with Crippen molar-refractivity contribution in [2.24, 2.45) is 5.92 Å². The Kier molecular flexibility index (Phi) is 7.07. The number of ether oxygens (including phenoxy) is 3. The van der Waals surface area contributed by atoms with Crippen LogP contribution in [0.15, 0.2) is 47.5 Å². The SMILES string of the molecule is CCn1cc(C(=O)OCC(C)[C@@H]2COC[C@H](C)N2)c(=O)c2cc(OC3Cc4ccccc4C3)cnc21. The molecule has 0 amide bonds. The zero-order valence-corrected chi connectivity index (χ0v) is 21.0. The van der Waals surface area contributed by atoms with E-state index in [9.17, 15) is 9.59 Å². The molecule has 1 aromatic carbocycles. The Hall–Kier alpha value is -3.23. The fourth-order valence-corrected chi connectivity index (χ4v) is 5.06. The molecule has 3 heterocycles. The second-order valence-electron chi connectivity index (χ2n) is 9.90. The second kappa shape index (κ2) is 10.4. The van der Waals surface area contributed by atoms with E-state index in [1.165, 1.54) is 11.1 Å². The molecule has 0 bridgehead atoms. The highest BCUT2D eigenvalue weighted by atomic mass is 16.5. The summed E-state index contributed by atoms with van der Waals surface area (Å²) in [5, 5.41) is 3.82. The third kappa shape index (κ3) is 5.01. The number of benzene rings is 1. The van der Waals surface area contributed by atoms with E-state index >= 15 is 0 Å². The minimum absolute atomic E-state index is 0.00462. The summed E-state index contributed by atoms with van der Waals surface area (Å²) < 4.78 is 19.2. The molecule has 3 atom stereocenters. The zero-order chi connectivity index (χ0) is 25.2. The first kappa shape index (κ1) is 24.5. The van der Waals surface area contributed by atoms with Crippen LogP contribution in [0.2, 0.25) is 0 Å². The smallest absolute Gasteiger partial charge is 0.343 e. The molecule has 1 saturated heterocycles. The number of fused-ring (bicyclic) bond motifs is 2. The molecule has 1 aliphatic heterocycles. The fourth-order valence-electron chi connectivity index (χ4n) is 5.06. The molecule has 36 heavy (non-hydrogen) atoms. The Morgan fingerprint density at radius 1 is 1.25 bits per heavy atom. The molecule has 2 aliphatic rings. The van der Waals surface area contributed by atoms with Crippen LogP contribution in [0.25, 0.3) is 11.0 Å². The van der Waals surface area contributed by atoms with Gasteiger partial charge in [0.25, 0.3) is 0 Å². The lowest BCUT2D eigenvalue weighted by Crippen LogP contribution is -2.51. The number of esters is 1. The van der Waals surface area contributed by atoms with Crippen molar-refractivity contribution >= 4 is 17.0 Å². The molecule has 1 unspecified atom stereocenters. The summed E-state index contributed by atoms with van der Waals surface area (Å²) in [6, 6.07) is 10.4. The zero-order valence-electron chi connectivity index (χ0n) is 21.0. The number of pyridine rings is 2. The number of carbonyl (C=O) groups is 1.